The van der Waals surface area contributed by atoms with Crippen LogP contribution < -0.4 is 10.2 Å². The van der Waals surface area contributed by atoms with E-state index < -0.39 is 0 Å². The minimum absolute atomic E-state index is 0.135. The Morgan fingerprint density at radius 1 is 1.05 bits per heavy atom. The summed E-state index contributed by atoms with van der Waals surface area (Å²) in [6.45, 7) is 5.61. The second-order valence-electron chi connectivity index (χ2n) is 6.55. The largest absolute Gasteiger partial charge is 0.368 e. The topological polar surface area (TPSA) is 35.6 Å². The molecular formula is C18H27N3O. The van der Waals surface area contributed by atoms with Gasteiger partial charge in [-0.25, -0.2) is 4.79 Å². The summed E-state index contributed by atoms with van der Waals surface area (Å²) in [6.07, 6.45) is 6.13. The van der Waals surface area contributed by atoms with Crippen LogP contribution in [-0.4, -0.2) is 43.2 Å². The van der Waals surface area contributed by atoms with Crippen molar-refractivity contribution >= 4 is 11.7 Å². The van der Waals surface area contributed by atoms with Crippen molar-refractivity contribution in [1.29, 1.82) is 0 Å². The molecule has 2 amide bonds. The Hall–Kier alpha value is -1.71. The van der Waals surface area contributed by atoms with Crippen LogP contribution in [0, 0.1) is 6.92 Å². The highest BCUT2D eigenvalue weighted by Crippen LogP contribution is 2.21. The molecule has 1 aromatic rings. The Morgan fingerprint density at radius 3 is 2.41 bits per heavy atom. The van der Waals surface area contributed by atoms with Gasteiger partial charge in [-0.2, -0.15) is 0 Å². The van der Waals surface area contributed by atoms with Crippen molar-refractivity contribution in [3.63, 3.8) is 0 Å². The third-order valence-electron chi connectivity index (χ3n) is 4.96. The second-order valence-corrected chi connectivity index (χ2v) is 6.55. The summed E-state index contributed by atoms with van der Waals surface area (Å²) in [6, 6.07) is 9.02. The SMILES string of the molecule is Cc1ccccc1N1CCN(C(=O)NC2CCCCC2)CC1. The van der Waals surface area contributed by atoms with Gasteiger partial charge in [-0.3, -0.25) is 0 Å². The van der Waals surface area contributed by atoms with E-state index in [2.05, 4.69) is 41.4 Å². The molecule has 1 aliphatic carbocycles. The van der Waals surface area contributed by atoms with E-state index in [9.17, 15) is 4.79 Å². The number of rotatable bonds is 2. The number of hydrogen-bond acceptors (Lipinski definition) is 2. The zero-order chi connectivity index (χ0) is 15.4. The molecule has 1 aliphatic heterocycles. The van der Waals surface area contributed by atoms with Gasteiger partial charge < -0.3 is 15.1 Å². The third kappa shape index (κ3) is 3.54. The molecular weight excluding hydrogens is 274 g/mol. The molecule has 0 unspecified atom stereocenters. The number of amides is 2. The molecule has 4 heteroatoms. The molecule has 22 heavy (non-hydrogen) atoms. The van der Waals surface area contributed by atoms with E-state index in [1.165, 1.54) is 30.5 Å². The van der Waals surface area contributed by atoms with E-state index in [0.717, 1.165) is 39.0 Å². The van der Waals surface area contributed by atoms with Crippen LogP contribution in [0.15, 0.2) is 24.3 Å². The van der Waals surface area contributed by atoms with Gasteiger partial charge in [0.1, 0.15) is 0 Å². The van der Waals surface area contributed by atoms with Crippen LogP contribution in [0.1, 0.15) is 37.7 Å². The summed E-state index contributed by atoms with van der Waals surface area (Å²) in [5, 5.41) is 3.22. The van der Waals surface area contributed by atoms with Crippen LogP contribution in [0.5, 0.6) is 0 Å². The number of carbonyl (C=O) groups excluding carboxylic acids is 1. The summed E-state index contributed by atoms with van der Waals surface area (Å²) in [7, 11) is 0. The fourth-order valence-electron chi connectivity index (χ4n) is 3.58. The maximum Gasteiger partial charge on any atom is 0.317 e. The Balaban J connectivity index is 1.51. The summed E-state index contributed by atoms with van der Waals surface area (Å²) >= 11 is 0. The Labute approximate surface area is 133 Å². The van der Waals surface area contributed by atoms with Gasteiger partial charge in [0, 0.05) is 37.9 Å². The van der Waals surface area contributed by atoms with E-state index in [0.29, 0.717) is 6.04 Å². The fourth-order valence-corrected chi connectivity index (χ4v) is 3.58. The van der Waals surface area contributed by atoms with Crippen LogP contribution in [0.3, 0.4) is 0 Å². The Morgan fingerprint density at radius 2 is 1.73 bits per heavy atom. The van der Waals surface area contributed by atoms with Gasteiger partial charge in [-0.1, -0.05) is 37.5 Å². The molecule has 0 aromatic heterocycles. The minimum atomic E-state index is 0.135. The Kier molecular flexibility index (Phi) is 4.86. The predicted octanol–water partition coefficient (Wildman–Crippen LogP) is 3.16. The molecule has 3 rings (SSSR count). The van der Waals surface area contributed by atoms with Crippen molar-refractivity contribution in [2.75, 3.05) is 31.1 Å². The van der Waals surface area contributed by atoms with Crippen molar-refractivity contribution in [1.82, 2.24) is 10.2 Å². The summed E-state index contributed by atoms with van der Waals surface area (Å²) in [5.41, 5.74) is 2.61. The maximum absolute atomic E-state index is 12.4. The van der Waals surface area contributed by atoms with Gasteiger partial charge in [-0.05, 0) is 31.4 Å². The molecule has 2 fully saturated rings. The van der Waals surface area contributed by atoms with Gasteiger partial charge in [0.2, 0.25) is 0 Å². The molecule has 120 valence electrons. The van der Waals surface area contributed by atoms with Crippen LogP contribution in [0.2, 0.25) is 0 Å². The lowest BCUT2D eigenvalue weighted by atomic mass is 9.96. The first-order valence-corrected chi connectivity index (χ1v) is 8.60. The number of aryl methyl sites for hydroxylation is 1. The lowest BCUT2D eigenvalue weighted by Gasteiger charge is -2.37. The summed E-state index contributed by atoms with van der Waals surface area (Å²) < 4.78 is 0. The van der Waals surface area contributed by atoms with Crippen LogP contribution in [-0.2, 0) is 0 Å². The third-order valence-corrected chi connectivity index (χ3v) is 4.96. The van der Waals surface area contributed by atoms with Gasteiger partial charge >= 0.3 is 6.03 Å². The minimum Gasteiger partial charge on any atom is -0.368 e. The van der Waals surface area contributed by atoms with E-state index in [1.807, 2.05) is 4.90 Å². The summed E-state index contributed by atoms with van der Waals surface area (Å²) in [4.78, 5) is 16.7. The average molecular weight is 301 g/mol. The number of piperazine rings is 1. The van der Waals surface area contributed by atoms with Crippen molar-refractivity contribution in [2.45, 2.75) is 45.1 Å². The molecule has 0 bridgehead atoms. The van der Waals surface area contributed by atoms with Crippen LogP contribution >= 0.6 is 0 Å². The smallest absolute Gasteiger partial charge is 0.317 e. The summed E-state index contributed by atoms with van der Waals surface area (Å²) in [5.74, 6) is 0. The monoisotopic (exact) mass is 301 g/mol. The van der Waals surface area contributed by atoms with Crippen molar-refractivity contribution in [2.24, 2.45) is 0 Å². The number of nitrogens with zero attached hydrogens (tertiary/aromatic N) is 2. The lowest BCUT2D eigenvalue weighted by molar-refractivity contribution is 0.186. The van der Waals surface area contributed by atoms with Gasteiger partial charge in [0.05, 0.1) is 0 Å². The molecule has 4 nitrogen and oxygen atoms in total. The van der Waals surface area contributed by atoms with E-state index in [4.69, 9.17) is 0 Å². The zero-order valence-electron chi connectivity index (χ0n) is 13.6. The normalized spacial score (nSPS) is 20.0. The first-order chi connectivity index (χ1) is 10.7. The van der Waals surface area contributed by atoms with E-state index in [1.54, 1.807) is 0 Å². The zero-order valence-corrected chi connectivity index (χ0v) is 13.6. The molecule has 1 heterocycles. The van der Waals surface area contributed by atoms with Crippen molar-refractivity contribution in [3.05, 3.63) is 29.8 Å². The first-order valence-electron chi connectivity index (χ1n) is 8.60. The Bertz CT molecular complexity index is 503. The number of benzene rings is 1. The van der Waals surface area contributed by atoms with Crippen LogP contribution in [0.4, 0.5) is 10.5 Å². The predicted molar refractivity (Wildman–Crippen MR) is 90.4 cm³/mol. The quantitative estimate of drug-likeness (QED) is 0.911. The van der Waals surface area contributed by atoms with E-state index >= 15 is 0 Å². The van der Waals surface area contributed by atoms with Crippen LogP contribution in [0.25, 0.3) is 0 Å². The highest BCUT2D eigenvalue weighted by molar-refractivity contribution is 5.75. The molecule has 0 atom stereocenters. The van der Waals surface area contributed by atoms with Gasteiger partial charge in [-0.15, -0.1) is 0 Å². The lowest BCUT2D eigenvalue weighted by Crippen LogP contribution is -2.53. The van der Waals surface area contributed by atoms with Crippen molar-refractivity contribution < 1.29 is 4.79 Å². The fraction of sp³-hybridized carbons (Fsp3) is 0.611. The highest BCUT2D eigenvalue weighted by atomic mass is 16.2. The van der Waals surface area contributed by atoms with Gasteiger partial charge in [0.25, 0.3) is 0 Å². The molecule has 1 saturated heterocycles. The molecule has 0 radical (unpaired) electrons. The number of carbonyl (C=O) groups is 1. The maximum atomic E-state index is 12.4. The molecule has 0 spiro atoms. The number of hydrogen-bond donors (Lipinski definition) is 1. The molecule has 1 aromatic carbocycles. The number of nitrogens with one attached hydrogen (secondary N) is 1. The number of para-hydroxylation sites is 1. The molecule has 1 N–H and O–H groups in total. The van der Waals surface area contributed by atoms with Gasteiger partial charge in [0.15, 0.2) is 0 Å². The average Bonchev–Trinajstić information content (AvgIpc) is 2.56. The molecule has 1 saturated carbocycles. The molecule has 2 aliphatic rings. The second kappa shape index (κ2) is 7.03. The number of urea groups is 1. The van der Waals surface area contributed by atoms with E-state index in [-0.39, 0.29) is 6.03 Å². The first kappa shape index (κ1) is 15.2. The number of anilines is 1. The van der Waals surface area contributed by atoms with Crippen molar-refractivity contribution in [3.8, 4) is 0 Å². The standard InChI is InChI=1S/C18H27N3O/c1-15-7-5-6-10-17(15)20-11-13-21(14-12-20)18(22)19-16-8-3-2-4-9-16/h5-7,10,16H,2-4,8-9,11-14H2,1H3,(H,19,22). The highest BCUT2D eigenvalue weighted by Gasteiger charge is 2.24.